The summed E-state index contributed by atoms with van der Waals surface area (Å²) >= 11 is 0. The van der Waals surface area contributed by atoms with Crippen LogP contribution in [-0.2, 0) is 12.8 Å². The highest BCUT2D eigenvalue weighted by Crippen LogP contribution is 2.45. The summed E-state index contributed by atoms with van der Waals surface area (Å²) in [6.07, 6.45) is 7.40. The average Bonchev–Trinajstić information content (AvgIpc) is 2.66. The topological polar surface area (TPSA) is 58.9 Å². The zero-order valence-electron chi connectivity index (χ0n) is 17.5. The molecular weight excluding hydrogens is 364 g/mol. The van der Waals surface area contributed by atoms with Crippen molar-refractivity contribution in [2.45, 2.75) is 52.1 Å². The van der Waals surface area contributed by atoms with E-state index in [0.29, 0.717) is 18.6 Å². The highest BCUT2D eigenvalue weighted by molar-refractivity contribution is 5.69. The largest absolute Gasteiger partial charge is 0.508 e. The number of fused-ring (bicyclic) bond motifs is 3. The summed E-state index contributed by atoms with van der Waals surface area (Å²) in [7, 11) is 0. The van der Waals surface area contributed by atoms with Gasteiger partial charge in [-0.05, 0) is 70.4 Å². The first kappa shape index (κ1) is 19.4. The van der Waals surface area contributed by atoms with Crippen LogP contribution in [-0.4, -0.2) is 22.4 Å². The normalized spacial score (nSPS) is 18.8. The van der Waals surface area contributed by atoms with Crippen molar-refractivity contribution in [1.82, 2.24) is 0 Å². The molecule has 2 aliphatic heterocycles. The fourth-order valence-electron chi connectivity index (χ4n) is 3.99. The number of hydrogen-bond acceptors (Lipinski definition) is 4. The molecule has 0 spiro atoms. The summed E-state index contributed by atoms with van der Waals surface area (Å²) in [4.78, 5) is 0. The number of phenols is 2. The lowest BCUT2D eigenvalue weighted by atomic mass is 9.86. The summed E-state index contributed by atoms with van der Waals surface area (Å²) < 4.78 is 12.2. The maximum Gasteiger partial charge on any atom is 0.133 e. The number of aromatic hydroxyl groups is 2. The highest BCUT2D eigenvalue weighted by Gasteiger charge is 2.30. The van der Waals surface area contributed by atoms with Crippen LogP contribution in [0.15, 0.2) is 42.0 Å². The Balaban J connectivity index is 1.65. The Morgan fingerprint density at radius 1 is 1.17 bits per heavy atom. The van der Waals surface area contributed by atoms with E-state index in [9.17, 15) is 10.2 Å². The Kier molecular flexibility index (Phi) is 4.81. The molecule has 4 nitrogen and oxygen atoms in total. The molecule has 1 atom stereocenters. The Labute approximate surface area is 172 Å². The fraction of sp³-hybridized carbons (Fsp3) is 0.360. The molecule has 2 aromatic carbocycles. The van der Waals surface area contributed by atoms with Crippen LogP contribution in [0, 0.1) is 0 Å². The van der Waals surface area contributed by atoms with Crippen LogP contribution in [0.5, 0.6) is 23.0 Å². The molecule has 0 unspecified atom stereocenters. The van der Waals surface area contributed by atoms with Gasteiger partial charge >= 0.3 is 0 Å². The monoisotopic (exact) mass is 392 g/mol. The third kappa shape index (κ3) is 3.71. The van der Waals surface area contributed by atoms with E-state index in [2.05, 4.69) is 12.1 Å². The first-order valence-corrected chi connectivity index (χ1v) is 10.1. The molecule has 4 heteroatoms. The van der Waals surface area contributed by atoms with E-state index in [0.717, 1.165) is 40.2 Å². The summed E-state index contributed by atoms with van der Waals surface area (Å²) in [6, 6.07) is 7.53. The van der Waals surface area contributed by atoms with Crippen LogP contribution in [0.2, 0.25) is 0 Å². The van der Waals surface area contributed by atoms with Gasteiger partial charge in [0.2, 0.25) is 0 Å². The van der Waals surface area contributed by atoms with E-state index in [1.807, 2.05) is 45.9 Å². The first-order valence-electron chi connectivity index (χ1n) is 10.1. The lowest BCUT2D eigenvalue weighted by Crippen LogP contribution is -2.28. The quantitative estimate of drug-likeness (QED) is 0.676. The maximum atomic E-state index is 10.9. The second-order valence-corrected chi connectivity index (χ2v) is 8.70. The van der Waals surface area contributed by atoms with Gasteiger partial charge in [0.15, 0.2) is 0 Å². The molecule has 152 valence electrons. The van der Waals surface area contributed by atoms with Crippen LogP contribution in [0.1, 0.15) is 55.9 Å². The van der Waals surface area contributed by atoms with Crippen LogP contribution in [0.4, 0.5) is 0 Å². The van der Waals surface area contributed by atoms with Crippen LogP contribution in [0.25, 0.3) is 6.08 Å². The molecule has 0 aromatic heterocycles. The van der Waals surface area contributed by atoms with E-state index in [1.54, 1.807) is 12.1 Å². The van der Waals surface area contributed by atoms with Gasteiger partial charge in [-0.3, -0.25) is 0 Å². The minimum Gasteiger partial charge on any atom is -0.508 e. The molecule has 2 aromatic rings. The zero-order chi connectivity index (χ0) is 20.8. The van der Waals surface area contributed by atoms with Crippen molar-refractivity contribution in [3.05, 3.63) is 64.2 Å². The van der Waals surface area contributed by atoms with Crippen LogP contribution in [0.3, 0.4) is 0 Å². The van der Waals surface area contributed by atoms with Crippen LogP contribution < -0.4 is 9.47 Å². The Morgan fingerprint density at radius 2 is 1.97 bits per heavy atom. The first-order chi connectivity index (χ1) is 13.7. The lowest BCUT2D eigenvalue weighted by Gasteiger charge is -2.32. The molecule has 0 fully saturated rings. The van der Waals surface area contributed by atoms with Gasteiger partial charge in [-0.2, -0.15) is 0 Å². The number of phenolic OH excluding ortho intramolecular Hbond substituents is 2. The van der Waals surface area contributed by atoms with Gasteiger partial charge in [-0.25, -0.2) is 0 Å². The number of hydrogen-bond donors (Lipinski definition) is 2. The predicted molar refractivity (Wildman–Crippen MR) is 115 cm³/mol. The molecule has 2 aliphatic rings. The molecule has 0 saturated carbocycles. The van der Waals surface area contributed by atoms with E-state index >= 15 is 0 Å². The van der Waals surface area contributed by atoms with E-state index in [1.165, 1.54) is 0 Å². The van der Waals surface area contributed by atoms with Gasteiger partial charge in [0, 0.05) is 17.0 Å². The van der Waals surface area contributed by atoms with Gasteiger partial charge in [0.05, 0.1) is 12.2 Å². The van der Waals surface area contributed by atoms with E-state index in [4.69, 9.17) is 9.47 Å². The Bertz CT molecular complexity index is 1010. The summed E-state index contributed by atoms with van der Waals surface area (Å²) in [6.45, 7) is 8.54. The molecule has 29 heavy (non-hydrogen) atoms. The van der Waals surface area contributed by atoms with Crippen molar-refractivity contribution in [1.29, 1.82) is 0 Å². The standard InChI is InChI=1S/C25H28O4/c1-15(2)5-7-19-21(26)9-8-18(23(19)27)17-13-16-6-10-22-20(24(16)28-14-17)11-12-25(3,4)29-22/h5-6,8-12,17,26-27H,7,13-14H2,1-4H3/t17-/m1/s1. The molecule has 0 saturated heterocycles. The Morgan fingerprint density at radius 3 is 2.72 bits per heavy atom. The third-order valence-electron chi connectivity index (χ3n) is 5.60. The zero-order valence-corrected chi connectivity index (χ0v) is 17.5. The molecule has 0 aliphatic carbocycles. The van der Waals surface area contributed by atoms with Gasteiger partial charge in [-0.15, -0.1) is 0 Å². The van der Waals surface area contributed by atoms with Crippen LogP contribution >= 0.6 is 0 Å². The van der Waals surface area contributed by atoms with Gasteiger partial charge in [0.1, 0.15) is 28.6 Å². The molecule has 0 radical (unpaired) electrons. The van der Waals surface area contributed by atoms with Crippen molar-refractivity contribution >= 4 is 6.08 Å². The number of benzene rings is 2. The third-order valence-corrected chi connectivity index (χ3v) is 5.60. The summed E-state index contributed by atoms with van der Waals surface area (Å²) in [5.74, 6) is 2.03. The van der Waals surface area contributed by atoms with Crippen molar-refractivity contribution in [2.75, 3.05) is 6.61 Å². The fourth-order valence-corrected chi connectivity index (χ4v) is 3.99. The molecule has 0 bridgehead atoms. The Hall–Kier alpha value is -2.88. The second kappa shape index (κ2) is 7.18. The number of ether oxygens (including phenoxy) is 2. The van der Waals surface area contributed by atoms with Gasteiger partial charge < -0.3 is 19.7 Å². The van der Waals surface area contributed by atoms with E-state index in [-0.39, 0.29) is 23.0 Å². The smallest absolute Gasteiger partial charge is 0.133 e. The average molecular weight is 392 g/mol. The van der Waals surface area contributed by atoms with Gasteiger partial charge in [-0.1, -0.05) is 23.8 Å². The predicted octanol–water partition coefficient (Wildman–Crippen LogP) is 5.51. The van der Waals surface area contributed by atoms with Crippen molar-refractivity contribution < 1.29 is 19.7 Å². The summed E-state index contributed by atoms with van der Waals surface area (Å²) in [5.41, 5.74) is 4.30. The second-order valence-electron chi connectivity index (χ2n) is 8.70. The lowest BCUT2D eigenvalue weighted by molar-refractivity contribution is 0.157. The number of rotatable bonds is 3. The molecule has 0 amide bonds. The SMILES string of the molecule is CC(C)=CCc1c(O)ccc([C@H]2COc3c(ccc4c3C=CC(C)(C)O4)C2)c1O. The van der Waals surface area contributed by atoms with Crippen molar-refractivity contribution in [3.63, 3.8) is 0 Å². The van der Waals surface area contributed by atoms with Crippen molar-refractivity contribution in [2.24, 2.45) is 0 Å². The minimum absolute atomic E-state index is 0.0246. The minimum atomic E-state index is -0.321. The molecule has 4 rings (SSSR count). The number of allylic oxidation sites excluding steroid dienone is 2. The molecular formula is C25H28O4. The van der Waals surface area contributed by atoms with Crippen molar-refractivity contribution in [3.8, 4) is 23.0 Å². The van der Waals surface area contributed by atoms with E-state index < -0.39 is 0 Å². The molecule has 2 N–H and O–H groups in total. The summed E-state index contributed by atoms with van der Waals surface area (Å²) in [5, 5.41) is 21.1. The maximum absolute atomic E-state index is 10.9. The highest BCUT2D eigenvalue weighted by atomic mass is 16.5. The van der Waals surface area contributed by atoms with Gasteiger partial charge in [0.25, 0.3) is 0 Å². The molecule has 2 heterocycles.